The number of amides is 1. The Morgan fingerprint density at radius 1 is 1.26 bits per heavy atom. The fraction of sp³-hybridized carbons (Fsp3) is 0.0526. The number of nitrogens with zero attached hydrogens (tertiary/aromatic N) is 3. The van der Waals surface area contributed by atoms with Crippen LogP contribution in [0.1, 0.15) is 26.6 Å². The number of rotatable bonds is 4. The molecule has 0 aliphatic rings. The number of nitriles is 1. The van der Waals surface area contributed by atoms with Crippen molar-refractivity contribution in [1.82, 2.24) is 9.97 Å². The fourth-order valence-corrected chi connectivity index (χ4v) is 4.47. The summed E-state index contributed by atoms with van der Waals surface area (Å²) in [5, 5.41) is 15.1. The second kappa shape index (κ2) is 7.45. The molecule has 0 saturated heterocycles. The van der Waals surface area contributed by atoms with Crippen LogP contribution in [0.3, 0.4) is 0 Å². The van der Waals surface area contributed by atoms with E-state index in [1.165, 1.54) is 11.3 Å². The Labute approximate surface area is 167 Å². The van der Waals surface area contributed by atoms with Crippen molar-refractivity contribution in [2.24, 2.45) is 0 Å². The van der Waals surface area contributed by atoms with E-state index < -0.39 is 0 Å². The van der Waals surface area contributed by atoms with Gasteiger partial charge in [0.1, 0.15) is 5.69 Å². The molecule has 0 fully saturated rings. The molecule has 2 aromatic heterocycles. The van der Waals surface area contributed by atoms with Gasteiger partial charge in [-0.3, -0.25) is 4.79 Å². The molecule has 0 radical (unpaired) electrons. The third kappa shape index (κ3) is 3.98. The molecule has 0 spiro atoms. The molecule has 0 aliphatic carbocycles. The third-order valence-electron chi connectivity index (χ3n) is 3.80. The average Bonchev–Trinajstić information content (AvgIpc) is 3.30. The molecule has 0 atom stereocenters. The normalized spacial score (nSPS) is 10.7. The lowest BCUT2D eigenvalue weighted by molar-refractivity contribution is 0.102. The Kier molecular flexibility index (Phi) is 4.86. The van der Waals surface area contributed by atoms with Crippen LogP contribution < -0.4 is 5.32 Å². The molecule has 1 N–H and O–H groups in total. The first kappa shape index (κ1) is 17.6. The standard InChI is InChI=1S/C19H11ClN4OS2/c20-13-4-11(3-12(5-13)8-21)6-18-24-15-2-1-14(7-17(15)27-18)23-19(25)16-9-26-10-22-16/h1-5,7,9-10H,6H2,(H,23,25). The fourth-order valence-electron chi connectivity index (χ4n) is 2.64. The number of thiazole rings is 2. The highest BCUT2D eigenvalue weighted by Crippen LogP contribution is 2.28. The lowest BCUT2D eigenvalue weighted by Crippen LogP contribution is -2.11. The summed E-state index contributed by atoms with van der Waals surface area (Å²) < 4.78 is 0.976. The number of benzene rings is 2. The highest BCUT2D eigenvalue weighted by Gasteiger charge is 2.11. The van der Waals surface area contributed by atoms with Crippen LogP contribution in [0.5, 0.6) is 0 Å². The lowest BCUT2D eigenvalue weighted by Gasteiger charge is -2.02. The molecule has 27 heavy (non-hydrogen) atoms. The van der Waals surface area contributed by atoms with Crippen LogP contribution in [0.25, 0.3) is 10.2 Å². The molecule has 4 rings (SSSR count). The molecule has 0 unspecified atom stereocenters. The number of carbonyl (C=O) groups is 1. The van der Waals surface area contributed by atoms with Crippen LogP contribution in [0.4, 0.5) is 5.69 Å². The Hall–Kier alpha value is -2.79. The molecule has 0 aliphatic heterocycles. The predicted molar refractivity (Wildman–Crippen MR) is 109 cm³/mol. The summed E-state index contributed by atoms with van der Waals surface area (Å²) in [5.41, 5.74) is 5.07. The number of hydrogen-bond acceptors (Lipinski definition) is 6. The monoisotopic (exact) mass is 410 g/mol. The zero-order valence-corrected chi connectivity index (χ0v) is 16.2. The zero-order valence-electron chi connectivity index (χ0n) is 13.8. The molecule has 5 nitrogen and oxygen atoms in total. The number of halogens is 1. The Balaban J connectivity index is 1.57. The Morgan fingerprint density at radius 3 is 2.93 bits per heavy atom. The SMILES string of the molecule is N#Cc1cc(Cl)cc(Cc2nc3ccc(NC(=O)c4cscn4)cc3s2)c1. The molecule has 1 amide bonds. The first-order valence-electron chi connectivity index (χ1n) is 7.89. The molecule has 4 aromatic rings. The van der Waals surface area contributed by atoms with Gasteiger partial charge in [-0.25, -0.2) is 9.97 Å². The van der Waals surface area contributed by atoms with Crippen LogP contribution in [-0.2, 0) is 6.42 Å². The van der Waals surface area contributed by atoms with E-state index >= 15 is 0 Å². The number of aromatic nitrogens is 2. The summed E-state index contributed by atoms with van der Waals surface area (Å²) in [6.45, 7) is 0. The lowest BCUT2D eigenvalue weighted by atomic mass is 10.1. The summed E-state index contributed by atoms with van der Waals surface area (Å²) in [4.78, 5) is 20.8. The maximum Gasteiger partial charge on any atom is 0.275 e. The first-order chi connectivity index (χ1) is 13.1. The van der Waals surface area contributed by atoms with E-state index in [1.807, 2.05) is 30.3 Å². The van der Waals surface area contributed by atoms with Gasteiger partial charge in [0.2, 0.25) is 0 Å². The van der Waals surface area contributed by atoms with Gasteiger partial charge in [0, 0.05) is 22.5 Å². The van der Waals surface area contributed by atoms with Gasteiger partial charge in [-0.1, -0.05) is 11.6 Å². The number of carbonyl (C=O) groups excluding carboxylic acids is 1. The minimum Gasteiger partial charge on any atom is -0.321 e. The Morgan fingerprint density at radius 2 is 2.15 bits per heavy atom. The van der Waals surface area contributed by atoms with Gasteiger partial charge >= 0.3 is 0 Å². The van der Waals surface area contributed by atoms with Crippen LogP contribution in [-0.4, -0.2) is 15.9 Å². The van der Waals surface area contributed by atoms with E-state index in [2.05, 4.69) is 21.4 Å². The predicted octanol–water partition coefficient (Wildman–Crippen LogP) is 5.12. The van der Waals surface area contributed by atoms with Gasteiger partial charge in [-0.05, 0) is 42.0 Å². The molecular formula is C19H11ClN4OS2. The van der Waals surface area contributed by atoms with Crippen molar-refractivity contribution < 1.29 is 4.79 Å². The average molecular weight is 411 g/mol. The van der Waals surface area contributed by atoms with Crippen LogP contribution >= 0.6 is 34.3 Å². The van der Waals surface area contributed by atoms with Crippen molar-refractivity contribution in [1.29, 1.82) is 5.26 Å². The van der Waals surface area contributed by atoms with Crippen molar-refractivity contribution >= 4 is 56.1 Å². The largest absolute Gasteiger partial charge is 0.321 e. The minimum atomic E-state index is -0.233. The van der Waals surface area contributed by atoms with Crippen molar-refractivity contribution in [3.05, 3.63) is 74.1 Å². The van der Waals surface area contributed by atoms with Gasteiger partial charge in [0.25, 0.3) is 5.91 Å². The molecule has 2 heterocycles. The summed E-state index contributed by atoms with van der Waals surface area (Å²) in [6.07, 6.45) is 0.592. The molecule has 0 bridgehead atoms. The summed E-state index contributed by atoms with van der Waals surface area (Å²) in [7, 11) is 0. The maximum atomic E-state index is 12.1. The molecular weight excluding hydrogens is 400 g/mol. The highest BCUT2D eigenvalue weighted by molar-refractivity contribution is 7.18. The third-order valence-corrected chi connectivity index (χ3v) is 5.62. The van der Waals surface area contributed by atoms with Gasteiger partial charge < -0.3 is 5.32 Å². The van der Waals surface area contributed by atoms with Crippen molar-refractivity contribution in [3.63, 3.8) is 0 Å². The van der Waals surface area contributed by atoms with Crippen LogP contribution in [0, 0.1) is 11.3 Å². The van der Waals surface area contributed by atoms with E-state index in [4.69, 9.17) is 16.9 Å². The zero-order chi connectivity index (χ0) is 18.8. The number of anilines is 1. The highest BCUT2D eigenvalue weighted by atomic mass is 35.5. The minimum absolute atomic E-state index is 0.233. The van der Waals surface area contributed by atoms with Crippen molar-refractivity contribution in [2.75, 3.05) is 5.32 Å². The van der Waals surface area contributed by atoms with E-state index in [1.54, 1.807) is 28.3 Å². The number of fused-ring (bicyclic) bond motifs is 1. The van der Waals surface area contributed by atoms with Crippen LogP contribution in [0.2, 0.25) is 5.02 Å². The first-order valence-corrected chi connectivity index (χ1v) is 10.0. The van der Waals surface area contributed by atoms with E-state index in [-0.39, 0.29) is 5.91 Å². The maximum absolute atomic E-state index is 12.1. The molecule has 8 heteroatoms. The van der Waals surface area contributed by atoms with Crippen molar-refractivity contribution in [2.45, 2.75) is 6.42 Å². The smallest absolute Gasteiger partial charge is 0.275 e. The van der Waals surface area contributed by atoms with Crippen LogP contribution in [0.15, 0.2) is 47.3 Å². The van der Waals surface area contributed by atoms with Gasteiger partial charge in [0.15, 0.2) is 0 Å². The van der Waals surface area contributed by atoms with E-state index in [9.17, 15) is 4.79 Å². The number of nitrogens with one attached hydrogen (secondary N) is 1. The van der Waals surface area contributed by atoms with Gasteiger partial charge in [-0.15, -0.1) is 22.7 Å². The van der Waals surface area contributed by atoms with Gasteiger partial charge in [0.05, 0.1) is 32.4 Å². The van der Waals surface area contributed by atoms with E-state index in [0.29, 0.717) is 28.4 Å². The number of hydrogen-bond donors (Lipinski definition) is 1. The van der Waals surface area contributed by atoms with E-state index in [0.717, 1.165) is 20.8 Å². The summed E-state index contributed by atoms with van der Waals surface area (Å²) >= 11 is 9.00. The molecule has 2 aromatic carbocycles. The second-order valence-corrected chi connectivity index (χ2v) is 8.02. The van der Waals surface area contributed by atoms with Crippen molar-refractivity contribution in [3.8, 4) is 6.07 Å². The van der Waals surface area contributed by atoms with Gasteiger partial charge in [-0.2, -0.15) is 5.26 Å². The second-order valence-electron chi connectivity index (χ2n) is 5.75. The summed E-state index contributed by atoms with van der Waals surface area (Å²) in [6, 6.07) is 13.0. The summed E-state index contributed by atoms with van der Waals surface area (Å²) in [5.74, 6) is -0.233. The quantitative estimate of drug-likeness (QED) is 0.506. The topological polar surface area (TPSA) is 78.7 Å². The molecule has 0 saturated carbocycles. The molecule has 132 valence electrons. The Bertz CT molecular complexity index is 1180.